The Morgan fingerprint density at radius 3 is 2.37 bits per heavy atom. The molecular weight excluding hydrogens is 388 g/mol. The van der Waals surface area contributed by atoms with E-state index in [9.17, 15) is 9.59 Å². The summed E-state index contributed by atoms with van der Waals surface area (Å²) in [6, 6.07) is 13.8. The molecule has 0 spiro atoms. The molecule has 158 valence electrons. The number of rotatable bonds is 10. The van der Waals surface area contributed by atoms with E-state index in [1.165, 1.54) is 25.2 Å². The zero-order chi connectivity index (χ0) is 21.9. The predicted octanol–water partition coefficient (Wildman–Crippen LogP) is 3.21. The Kier molecular flexibility index (Phi) is 8.51. The van der Waals surface area contributed by atoms with Crippen molar-refractivity contribution in [2.75, 3.05) is 38.9 Å². The van der Waals surface area contributed by atoms with E-state index < -0.39 is 5.97 Å². The van der Waals surface area contributed by atoms with Gasteiger partial charge in [-0.05, 0) is 49.4 Å². The summed E-state index contributed by atoms with van der Waals surface area (Å²) in [5, 5.41) is 8.99. The van der Waals surface area contributed by atoms with Crippen LogP contribution in [0.25, 0.3) is 0 Å². The maximum absolute atomic E-state index is 13.2. The van der Waals surface area contributed by atoms with Crippen molar-refractivity contribution in [3.8, 4) is 23.3 Å². The molecule has 0 radical (unpaired) electrons. The lowest BCUT2D eigenvalue weighted by atomic mass is 10.1. The molecule has 8 heteroatoms. The highest BCUT2D eigenvalue weighted by atomic mass is 16.6. The number of carbonyl (C=O) groups is 2. The van der Waals surface area contributed by atoms with Gasteiger partial charge in [-0.1, -0.05) is 0 Å². The highest BCUT2D eigenvalue weighted by Crippen LogP contribution is 2.30. The van der Waals surface area contributed by atoms with Crippen molar-refractivity contribution < 1.29 is 28.5 Å². The SMILES string of the molecule is CCOc1ccc(N(CCC#N)C(=O)c2ccc(OCC(=O)OC)c(OC)c2)cc1. The average Bonchev–Trinajstić information content (AvgIpc) is 2.78. The van der Waals surface area contributed by atoms with Crippen LogP contribution in [0.1, 0.15) is 23.7 Å². The minimum atomic E-state index is -0.532. The number of amides is 1. The molecule has 0 heterocycles. The van der Waals surface area contributed by atoms with E-state index >= 15 is 0 Å². The summed E-state index contributed by atoms with van der Waals surface area (Å²) in [7, 11) is 2.70. The second kappa shape index (κ2) is 11.3. The third kappa shape index (κ3) is 5.88. The fourth-order valence-electron chi connectivity index (χ4n) is 2.67. The zero-order valence-corrected chi connectivity index (χ0v) is 17.2. The second-order valence-electron chi connectivity index (χ2n) is 6.02. The van der Waals surface area contributed by atoms with Crippen LogP contribution in [0.15, 0.2) is 42.5 Å². The number of esters is 1. The van der Waals surface area contributed by atoms with Crippen LogP contribution in [0.3, 0.4) is 0 Å². The second-order valence-corrected chi connectivity index (χ2v) is 6.02. The van der Waals surface area contributed by atoms with E-state index in [2.05, 4.69) is 10.8 Å². The Morgan fingerprint density at radius 2 is 1.77 bits per heavy atom. The van der Waals surface area contributed by atoms with Crippen LogP contribution in [0.5, 0.6) is 17.2 Å². The Bertz CT molecular complexity index is 905. The molecule has 0 N–H and O–H groups in total. The number of nitriles is 1. The van der Waals surface area contributed by atoms with Crippen LogP contribution < -0.4 is 19.1 Å². The van der Waals surface area contributed by atoms with Crippen molar-refractivity contribution in [1.82, 2.24) is 0 Å². The van der Waals surface area contributed by atoms with Gasteiger partial charge in [-0.2, -0.15) is 5.26 Å². The summed E-state index contributed by atoms with van der Waals surface area (Å²) < 4.78 is 20.7. The van der Waals surface area contributed by atoms with Gasteiger partial charge >= 0.3 is 5.97 Å². The fourth-order valence-corrected chi connectivity index (χ4v) is 2.67. The number of anilines is 1. The van der Waals surface area contributed by atoms with E-state index in [1.807, 2.05) is 6.92 Å². The summed E-state index contributed by atoms with van der Waals surface area (Å²) in [5.74, 6) is 0.478. The van der Waals surface area contributed by atoms with Crippen molar-refractivity contribution in [3.63, 3.8) is 0 Å². The van der Waals surface area contributed by atoms with E-state index in [0.29, 0.717) is 35.1 Å². The molecule has 0 aliphatic rings. The molecule has 0 aliphatic heterocycles. The van der Waals surface area contributed by atoms with Crippen LogP contribution >= 0.6 is 0 Å². The Labute approximate surface area is 175 Å². The van der Waals surface area contributed by atoms with Crippen molar-refractivity contribution in [2.24, 2.45) is 0 Å². The summed E-state index contributed by atoms with van der Waals surface area (Å²) in [5.41, 5.74) is 0.993. The Balaban J connectivity index is 2.28. The zero-order valence-electron chi connectivity index (χ0n) is 17.2. The molecule has 2 aromatic carbocycles. The average molecular weight is 412 g/mol. The van der Waals surface area contributed by atoms with Gasteiger partial charge in [0.25, 0.3) is 5.91 Å². The number of hydrogen-bond acceptors (Lipinski definition) is 7. The molecule has 0 saturated carbocycles. The van der Waals surface area contributed by atoms with Crippen LogP contribution in [-0.2, 0) is 9.53 Å². The van der Waals surface area contributed by atoms with Gasteiger partial charge in [-0.3, -0.25) is 4.79 Å². The van der Waals surface area contributed by atoms with E-state index in [4.69, 9.17) is 19.5 Å². The molecule has 0 saturated heterocycles. The lowest BCUT2D eigenvalue weighted by Gasteiger charge is -2.23. The number of hydrogen-bond donors (Lipinski definition) is 0. The topological polar surface area (TPSA) is 98.1 Å². The Morgan fingerprint density at radius 1 is 1.03 bits per heavy atom. The number of ether oxygens (including phenoxy) is 4. The van der Waals surface area contributed by atoms with Gasteiger partial charge in [0, 0.05) is 17.8 Å². The smallest absolute Gasteiger partial charge is 0.343 e. The maximum atomic E-state index is 13.2. The molecule has 8 nitrogen and oxygen atoms in total. The van der Waals surface area contributed by atoms with Gasteiger partial charge in [0.2, 0.25) is 0 Å². The lowest BCUT2D eigenvalue weighted by Crippen LogP contribution is -2.31. The van der Waals surface area contributed by atoms with Crippen LogP contribution in [0, 0.1) is 11.3 Å². The van der Waals surface area contributed by atoms with Gasteiger partial charge < -0.3 is 23.8 Å². The Hall–Kier alpha value is -3.73. The van der Waals surface area contributed by atoms with Crippen molar-refractivity contribution in [3.05, 3.63) is 48.0 Å². The maximum Gasteiger partial charge on any atom is 0.343 e. The summed E-state index contributed by atoms with van der Waals surface area (Å²) in [4.78, 5) is 26.0. The van der Waals surface area contributed by atoms with Crippen LogP contribution in [0.2, 0.25) is 0 Å². The first-order chi connectivity index (χ1) is 14.5. The monoisotopic (exact) mass is 412 g/mol. The van der Waals surface area contributed by atoms with Gasteiger partial charge in [0.05, 0.1) is 33.3 Å². The van der Waals surface area contributed by atoms with Crippen molar-refractivity contribution in [1.29, 1.82) is 5.26 Å². The molecule has 0 aromatic heterocycles. The highest BCUT2D eigenvalue weighted by Gasteiger charge is 2.20. The molecular formula is C22H24N2O6. The van der Waals surface area contributed by atoms with Gasteiger partial charge in [0.1, 0.15) is 5.75 Å². The van der Waals surface area contributed by atoms with Gasteiger partial charge in [-0.25, -0.2) is 4.79 Å². The molecule has 0 bridgehead atoms. The predicted molar refractivity (Wildman–Crippen MR) is 110 cm³/mol. The number of carbonyl (C=O) groups excluding carboxylic acids is 2. The van der Waals surface area contributed by atoms with Crippen LogP contribution in [-0.4, -0.2) is 45.9 Å². The molecule has 0 atom stereocenters. The van der Waals surface area contributed by atoms with Crippen molar-refractivity contribution in [2.45, 2.75) is 13.3 Å². The summed E-state index contributed by atoms with van der Waals surface area (Å²) in [6.07, 6.45) is 0.177. The minimum absolute atomic E-state index is 0.177. The molecule has 0 fully saturated rings. The number of nitrogens with zero attached hydrogens (tertiary/aromatic N) is 2. The number of methoxy groups -OCH3 is 2. The lowest BCUT2D eigenvalue weighted by molar-refractivity contribution is -0.142. The van der Waals surface area contributed by atoms with Crippen molar-refractivity contribution >= 4 is 17.6 Å². The standard InChI is InChI=1S/C22H24N2O6/c1-4-29-18-9-7-17(8-10-18)24(13-5-12-23)22(26)16-6-11-19(20(14-16)27-2)30-15-21(25)28-3/h6-11,14H,4-5,13,15H2,1-3H3. The fraction of sp³-hybridized carbons (Fsp3) is 0.318. The third-order valence-electron chi connectivity index (χ3n) is 4.14. The number of benzene rings is 2. The first-order valence-electron chi connectivity index (χ1n) is 9.33. The highest BCUT2D eigenvalue weighted by molar-refractivity contribution is 6.06. The molecule has 30 heavy (non-hydrogen) atoms. The molecule has 0 unspecified atom stereocenters. The first kappa shape index (κ1) is 22.6. The molecule has 2 rings (SSSR count). The third-order valence-corrected chi connectivity index (χ3v) is 4.14. The van der Waals surface area contributed by atoms with Gasteiger partial charge in [-0.15, -0.1) is 0 Å². The summed E-state index contributed by atoms with van der Waals surface area (Å²) >= 11 is 0. The van der Waals surface area contributed by atoms with E-state index in [1.54, 1.807) is 36.4 Å². The largest absolute Gasteiger partial charge is 0.494 e. The molecule has 0 aliphatic carbocycles. The normalized spacial score (nSPS) is 9.93. The summed E-state index contributed by atoms with van der Waals surface area (Å²) in [6.45, 7) is 2.38. The quantitative estimate of drug-likeness (QED) is 0.553. The first-order valence-corrected chi connectivity index (χ1v) is 9.33. The molecule has 1 amide bonds. The van der Waals surface area contributed by atoms with Crippen LogP contribution in [0.4, 0.5) is 5.69 Å². The van der Waals surface area contributed by atoms with Gasteiger partial charge in [0.15, 0.2) is 18.1 Å². The minimum Gasteiger partial charge on any atom is -0.494 e. The van der Waals surface area contributed by atoms with E-state index in [-0.39, 0.29) is 25.5 Å². The molecule has 2 aromatic rings. The van der Waals surface area contributed by atoms with E-state index in [0.717, 1.165) is 0 Å².